The first-order chi connectivity index (χ1) is 6.36. The molecule has 0 fully saturated rings. The van der Waals surface area contributed by atoms with Crippen molar-refractivity contribution in [1.82, 2.24) is 5.06 Å². The Balaban J connectivity index is 2.55. The highest BCUT2D eigenvalue weighted by molar-refractivity contribution is 7.10. The minimum Gasteiger partial charge on any atom is -0.313 e. The molecule has 2 nitrogen and oxygen atoms in total. The summed E-state index contributed by atoms with van der Waals surface area (Å²) in [5, 5.41) is 13.8. The zero-order chi connectivity index (χ0) is 10.6. The SMILES string of the molecule is CC1(C)Cc2sccc2C(C)(C)N1O. The van der Waals surface area contributed by atoms with Crippen LogP contribution in [0, 0.1) is 0 Å². The standard InChI is InChI=1S/C11H17NOS/c1-10(2)7-9-8(5-6-14-9)11(3,4)12(10)13/h5-6,13H,7H2,1-4H3. The summed E-state index contributed by atoms with van der Waals surface area (Å²) >= 11 is 1.79. The molecule has 0 saturated carbocycles. The van der Waals surface area contributed by atoms with Crippen LogP contribution in [0.2, 0.25) is 0 Å². The molecule has 2 heterocycles. The number of hydrogen-bond donors (Lipinski definition) is 1. The first-order valence-electron chi connectivity index (χ1n) is 4.92. The molecule has 78 valence electrons. The molecule has 3 heteroatoms. The second-order valence-electron chi connectivity index (χ2n) is 5.12. The number of nitrogens with zero attached hydrogens (tertiary/aromatic N) is 1. The minimum atomic E-state index is -0.267. The predicted octanol–water partition coefficient (Wildman–Crippen LogP) is 3.01. The zero-order valence-corrected chi connectivity index (χ0v) is 9.98. The van der Waals surface area contributed by atoms with Gasteiger partial charge in [-0.3, -0.25) is 0 Å². The normalized spacial score (nSPS) is 24.6. The van der Waals surface area contributed by atoms with Gasteiger partial charge in [0, 0.05) is 16.8 Å². The Morgan fingerprint density at radius 1 is 1.36 bits per heavy atom. The van der Waals surface area contributed by atoms with Gasteiger partial charge in [0.25, 0.3) is 0 Å². The highest BCUT2D eigenvalue weighted by Crippen LogP contribution is 2.43. The van der Waals surface area contributed by atoms with Crippen molar-refractivity contribution in [2.45, 2.75) is 45.2 Å². The smallest absolute Gasteiger partial charge is 0.0669 e. The van der Waals surface area contributed by atoms with E-state index in [0.717, 1.165) is 6.42 Å². The largest absolute Gasteiger partial charge is 0.313 e. The van der Waals surface area contributed by atoms with E-state index in [1.807, 2.05) is 0 Å². The third-order valence-corrected chi connectivity index (χ3v) is 4.02. The summed E-state index contributed by atoms with van der Waals surface area (Å²) in [5.74, 6) is 0. The summed E-state index contributed by atoms with van der Waals surface area (Å²) < 4.78 is 0. The lowest BCUT2D eigenvalue weighted by Gasteiger charge is -2.48. The summed E-state index contributed by atoms with van der Waals surface area (Å²) in [6, 6.07) is 2.12. The highest BCUT2D eigenvalue weighted by Gasteiger charge is 2.44. The molecular weight excluding hydrogens is 194 g/mol. The van der Waals surface area contributed by atoms with Crippen molar-refractivity contribution in [1.29, 1.82) is 0 Å². The Labute approximate surface area is 89.1 Å². The van der Waals surface area contributed by atoms with Crippen molar-refractivity contribution in [2.75, 3.05) is 0 Å². The predicted molar refractivity (Wildman–Crippen MR) is 58.8 cm³/mol. The fourth-order valence-corrected chi connectivity index (χ4v) is 3.61. The van der Waals surface area contributed by atoms with E-state index in [9.17, 15) is 5.21 Å². The maximum atomic E-state index is 10.2. The molecule has 1 aromatic rings. The molecule has 14 heavy (non-hydrogen) atoms. The van der Waals surface area contributed by atoms with Gasteiger partial charge in [-0.1, -0.05) is 0 Å². The Bertz CT molecular complexity index is 354. The average Bonchev–Trinajstić information content (AvgIpc) is 2.49. The number of rotatable bonds is 0. The molecule has 0 saturated heterocycles. The van der Waals surface area contributed by atoms with Gasteiger partial charge >= 0.3 is 0 Å². The van der Waals surface area contributed by atoms with E-state index in [1.165, 1.54) is 15.5 Å². The maximum absolute atomic E-state index is 10.2. The molecule has 0 radical (unpaired) electrons. The van der Waals surface area contributed by atoms with E-state index in [1.54, 1.807) is 11.3 Å². The monoisotopic (exact) mass is 211 g/mol. The maximum Gasteiger partial charge on any atom is 0.0669 e. The molecule has 1 N–H and O–H groups in total. The number of fused-ring (bicyclic) bond motifs is 1. The van der Waals surface area contributed by atoms with Gasteiger partial charge in [-0.05, 0) is 44.7 Å². The lowest BCUT2D eigenvalue weighted by Crippen LogP contribution is -2.56. The topological polar surface area (TPSA) is 23.5 Å². The van der Waals surface area contributed by atoms with Gasteiger partial charge in [-0.25, -0.2) is 0 Å². The molecule has 0 bridgehead atoms. The van der Waals surface area contributed by atoms with Gasteiger partial charge in [0.05, 0.1) is 5.54 Å². The average molecular weight is 211 g/mol. The fraction of sp³-hybridized carbons (Fsp3) is 0.636. The van der Waals surface area contributed by atoms with Crippen LogP contribution in [-0.4, -0.2) is 15.8 Å². The van der Waals surface area contributed by atoms with Crippen molar-refractivity contribution in [3.63, 3.8) is 0 Å². The van der Waals surface area contributed by atoms with E-state index < -0.39 is 0 Å². The Morgan fingerprint density at radius 2 is 2.00 bits per heavy atom. The third kappa shape index (κ3) is 1.23. The van der Waals surface area contributed by atoms with Gasteiger partial charge < -0.3 is 5.21 Å². The first-order valence-corrected chi connectivity index (χ1v) is 5.80. The molecule has 1 aliphatic rings. The Morgan fingerprint density at radius 3 is 2.64 bits per heavy atom. The van der Waals surface area contributed by atoms with Gasteiger partial charge in [0.2, 0.25) is 0 Å². The van der Waals surface area contributed by atoms with Crippen LogP contribution in [-0.2, 0) is 12.0 Å². The van der Waals surface area contributed by atoms with Crippen molar-refractivity contribution < 1.29 is 5.21 Å². The lowest BCUT2D eigenvalue weighted by molar-refractivity contribution is -0.233. The molecule has 0 amide bonds. The molecule has 0 aliphatic carbocycles. The summed E-state index contributed by atoms with van der Waals surface area (Å²) in [5.41, 5.74) is 0.836. The summed E-state index contributed by atoms with van der Waals surface area (Å²) in [6.07, 6.45) is 0.930. The molecular formula is C11H17NOS. The molecule has 2 rings (SSSR count). The second-order valence-corrected chi connectivity index (χ2v) is 6.12. The van der Waals surface area contributed by atoms with E-state index in [0.29, 0.717) is 0 Å². The van der Waals surface area contributed by atoms with Crippen LogP contribution in [0.3, 0.4) is 0 Å². The summed E-state index contributed by atoms with van der Waals surface area (Å²) in [7, 11) is 0. The van der Waals surface area contributed by atoms with E-state index >= 15 is 0 Å². The molecule has 1 aliphatic heterocycles. The molecule has 0 atom stereocenters. The van der Waals surface area contributed by atoms with Crippen LogP contribution in [0.5, 0.6) is 0 Å². The van der Waals surface area contributed by atoms with Crippen LogP contribution in [0.4, 0.5) is 0 Å². The van der Waals surface area contributed by atoms with Crippen LogP contribution in [0.15, 0.2) is 11.4 Å². The summed E-state index contributed by atoms with van der Waals surface area (Å²) in [6.45, 7) is 8.30. The number of thiophene rings is 1. The third-order valence-electron chi connectivity index (χ3n) is 3.10. The van der Waals surface area contributed by atoms with Crippen LogP contribution in [0.25, 0.3) is 0 Å². The first kappa shape index (κ1) is 10.1. The zero-order valence-electron chi connectivity index (χ0n) is 9.16. The molecule has 0 spiro atoms. The lowest BCUT2D eigenvalue weighted by atomic mass is 9.81. The van der Waals surface area contributed by atoms with Crippen LogP contribution < -0.4 is 0 Å². The minimum absolute atomic E-state index is 0.165. The van der Waals surface area contributed by atoms with Gasteiger partial charge in [-0.2, -0.15) is 5.06 Å². The molecule has 0 unspecified atom stereocenters. The quantitative estimate of drug-likeness (QED) is 0.713. The van der Waals surface area contributed by atoms with Crippen molar-refractivity contribution in [3.05, 3.63) is 21.9 Å². The van der Waals surface area contributed by atoms with Gasteiger partial charge in [0.15, 0.2) is 0 Å². The van der Waals surface area contributed by atoms with Crippen molar-refractivity contribution in [3.8, 4) is 0 Å². The molecule has 1 aromatic heterocycles. The van der Waals surface area contributed by atoms with E-state index in [4.69, 9.17) is 0 Å². The number of hydrogen-bond acceptors (Lipinski definition) is 3. The molecule has 0 aromatic carbocycles. The van der Waals surface area contributed by atoms with Gasteiger partial charge in [-0.15, -0.1) is 11.3 Å². The van der Waals surface area contributed by atoms with Crippen LogP contribution >= 0.6 is 11.3 Å². The second kappa shape index (κ2) is 2.81. The van der Waals surface area contributed by atoms with Gasteiger partial charge in [0.1, 0.15) is 0 Å². The Kier molecular flexibility index (Phi) is 2.04. The van der Waals surface area contributed by atoms with E-state index in [-0.39, 0.29) is 11.1 Å². The van der Waals surface area contributed by atoms with Crippen molar-refractivity contribution in [2.24, 2.45) is 0 Å². The fourth-order valence-electron chi connectivity index (χ4n) is 2.36. The van der Waals surface area contributed by atoms with Crippen LogP contribution in [0.1, 0.15) is 38.1 Å². The summed E-state index contributed by atoms with van der Waals surface area (Å²) in [4.78, 5) is 1.41. The number of hydroxylamine groups is 2. The Hall–Kier alpha value is -0.380. The highest BCUT2D eigenvalue weighted by atomic mass is 32.1. The van der Waals surface area contributed by atoms with Crippen molar-refractivity contribution >= 4 is 11.3 Å². The van der Waals surface area contributed by atoms with E-state index in [2.05, 4.69) is 39.1 Å².